The van der Waals surface area contributed by atoms with E-state index in [1.54, 1.807) is 32.1 Å². The number of rotatable bonds is 8. The van der Waals surface area contributed by atoms with E-state index in [9.17, 15) is 19.5 Å². The fourth-order valence-electron chi connectivity index (χ4n) is 3.23. The molecule has 2 N–H and O–H groups in total. The van der Waals surface area contributed by atoms with E-state index in [1.807, 2.05) is 25.2 Å². The lowest BCUT2D eigenvalue weighted by atomic mass is 9.90. The number of fused-ring (bicyclic) bond motifs is 1. The quantitative estimate of drug-likeness (QED) is 0.164. The molecule has 0 aromatic carbocycles. The molecule has 0 spiro atoms. The number of carbonyl (C=O) groups excluding carboxylic acids is 3. The minimum absolute atomic E-state index is 0.361. The summed E-state index contributed by atoms with van der Waals surface area (Å²) in [4.78, 5) is 36.2. The molecule has 0 aliphatic carbocycles. The average molecular weight is 389 g/mol. The number of allylic oxidation sites excluding steroid dienone is 6. The first-order valence-corrected chi connectivity index (χ1v) is 9.13. The summed E-state index contributed by atoms with van der Waals surface area (Å²) >= 11 is 0. The summed E-state index contributed by atoms with van der Waals surface area (Å²) in [5.41, 5.74) is -1.71. The minimum atomic E-state index is -1.56. The number of esters is 1. The van der Waals surface area contributed by atoms with Gasteiger partial charge in [0.2, 0.25) is 5.60 Å². The van der Waals surface area contributed by atoms with Gasteiger partial charge in [0.05, 0.1) is 12.7 Å². The molecule has 7 heteroatoms. The zero-order valence-electron chi connectivity index (χ0n) is 16.8. The molecule has 2 rings (SSSR count). The van der Waals surface area contributed by atoms with Gasteiger partial charge in [0, 0.05) is 5.92 Å². The van der Waals surface area contributed by atoms with Crippen LogP contribution < -0.4 is 5.32 Å². The first kappa shape index (κ1) is 21.8. The van der Waals surface area contributed by atoms with Gasteiger partial charge in [-0.2, -0.15) is 0 Å². The van der Waals surface area contributed by atoms with Crippen molar-refractivity contribution in [3.63, 3.8) is 0 Å². The van der Waals surface area contributed by atoms with Gasteiger partial charge in [-0.3, -0.25) is 9.59 Å². The summed E-state index contributed by atoms with van der Waals surface area (Å²) in [6.07, 6.45) is 10.4. The highest BCUT2D eigenvalue weighted by Crippen LogP contribution is 2.49. The summed E-state index contributed by atoms with van der Waals surface area (Å²) in [6.45, 7) is 6.74. The molecular formula is C21H27NO6. The van der Waals surface area contributed by atoms with Gasteiger partial charge in [-0.1, -0.05) is 42.9 Å². The topological polar surface area (TPSA) is 105 Å². The molecule has 7 nitrogen and oxygen atoms in total. The number of Topliss-reactive ketones (excluding diaryl/α,β-unsaturated/α-hetero) is 1. The summed E-state index contributed by atoms with van der Waals surface area (Å²) in [5, 5.41) is 12.4. The van der Waals surface area contributed by atoms with Crippen LogP contribution in [0, 0.1) is 5.92 Å². The average Bonchev–Trinajstić information content (AvgIpc) is 3.38. The Bertz CT molecular complexity index is 789. The highest BCUT2D eigenvalue weighted by atomic mass is 16.6. The Morgan fingerprint density at radius 2 is 2.07 bits per heavy atom. The van der Waals surface area contributed by atoms with Crippen LogP contribution in [0.4, 0.5) is 0 Å². The highest BCUT2D eigenvalue weighted by Gasteiger charge is 2.79. The lowest BCUT2D eigenvalue weighted by Gasteiger charge is -2.16. The number of methoxy groups -OCH3 is 1. The molecule has 0 aromatic heterocycles. The van der Waals surface area contributed by atoms with Crippen LogP contribution in [0.1, 0.15) is 34.1 Å². The van der Waals surface area contributed by atoms with Crippen molar-refractivity contribution in [2.24, 2.45) is 5.92 Å². The molecule has 0 bridgehead atoms. The Hall–Kier alpha value is -2.51. The molecule has 0 aromatic rings. The summed E-state index contributed by atoms with van der Waals surface area (Å²) in [7, 11) is 1.34. The number of aliphatic hydroxyl groups is 1. The maximum absolute atomic E-state index is 12.6. The molecule has 0 radical (unpaired) electrons. The SMILES string of the molecule is CC=C(C=C(C)C=CCC=CC(C)C(=O)[C@]12OC1C(C)(O)NC2=O)C(=O)OC. The maximum atomic E-state index is 12.6. The van der Waals surface area contributed by atoms with E-state index in [2.05, 4.69) is 5.32 Å². The predicted molar refractivity (Wildman–Crippen MR) is 103 cm³/mol. The van der Waals surface area contributed by atoms with Crippen LogP contribution in [0.5, 0.6) is 0 Å². The molecule has 0 saturated carbocycles. The fourth-order valence-corrected chi connectivity index (χ4v) is 3.23. The Kier molecular flexibility index (Phi) is 6.41. The van der Waals surface area contributed by atoms with Gasteiger partial charge in [0.1, 0.15) is 0 Å². The number of ether oxygens (including phenoxy) is 2. The fraction of sp³-hybridized carbons (Fsp3) is 0.476. The monoisotopic (exact) mass is 389 g/mol. The molecule has 4 atom stereocenters. The Morgan fingerprint density at radius 1 is 1.39 bits per heavy atom. The van der Waals surface area contributed by atoms with Crippen LogP contribution in [-0.2, 0) is 23.9 Å². The van der Waals surface area contributed by atoms with Gasteiger partial charge < -0.3 is 19.9 Å². The second kappa shape index (κ2) is 8.24. The van der Waals surface area contributed by atoms with Crippen molar-refractivity contribution in [2.45, 2.75) is 51.5 Å². The predicted octanol–water partition coefficient (Wildman–Crippen LogP) is 1.74. The molecule has 2 aliphatic rings. The van der Waals surface area contributed by atoms with Crippen molar-refractivity contribution >= 4 is 17.7 Å². The molecule has 1 amide bonds. The van der Waals surface area contributed by atoms with Crippen molar-refractivity contribution in [3.05, 3.63) is 47.6 Å². The molecule has 152 valence electrons. The molecule has 3 unspecified atom stereocenters. The molecule has 2 saturated heterocycles. The summed E-state index contributed by atoms with van der Waals surface area (Å²) in [5.74, 6) is -1.86. The third-order valence-corrected chi connectivity index (χ3v) is 4.80. The van der Waals surface area contributed by atoms with Crippen molar-refractivity contribution in [1.82, 2.24) is 5.32 Å². The lowest BCUT2D eigenvalue weighted by Crippen LogP contribution is -2.45. The number of amides is 1. The van der Waals surface area contributed by atoms with Crippen molar-refractivity contribution in [2.75, 3.05) is 7.11 Å². The Balaban J connectivity index is 1.90. The van der Waals surface area contributed by atoms with E-state index in [1.165, 1.54) is 14.0 Å². The number of epoxide rings is 1. The van der Waals surface area contributed by atoms with Gasteiger partial charge >= 0.3 is 5.97 Å². The smallest absolute Gasteiger partial charge is 0.337 e. The number of ketones is 1. The molecule has 2 aliphatic heterocycles. The van der Waals surface area contributed by atoms with E-state index >= 15 is 0 Å². The van der Waals surface area contributed by atoms with Crippen molar-refractivity contribution in [1.29, 1.82) is 0 Å². The number of hydrogen-bond acceptors (Lipinski definition) is 6. The normalized spacial score (nSPS) is 31.1. The number of nitrogens with one attached hydrogen (secondary N) is 1. The van der Waals surface area contributed by atoms with Crippen LogP contribution in [-0.4, -0.2) is 47.3 Å². The molecular weight excluding hydrogens is 362 g/mol. The van der Waals surface area contributed by atoms with Crippen LogP contribution >= 0.6 is 0 Å². The first-order chi connectivity index (χ1) is 13.1. The van der Waals surface area contributed by atoms with Gasteiger partial charge in [-0.15, -0.1) is 0 Å². The third kappa shape index (κ3) is 4.15. The zero-order valence-corrected chi connectivity index (χ0v) is 16.8. The maximum Gasteiger partial charge on any atom is 0.337 e. The van der Waals surface area contributed by atoms with Gasteiger partial charge in [-0.25, -0.2) is 4.79 Å². The van der Waals surface area contributed by atoms with Crippen LogP contribution in [0.3, 0.4) is 0 Å². The van der Waals surface area contributed by atoms with Gasteiger partial charge in [0.25, 0.3) is 5.91 Å². The van der Waals surface area contributed by atoms with E-state index in [-0.39, 0.29) is 5.78 Å². The van der Waals surface area contributed by atoms with E-state index < -0.39 is 35.2 Å². The second-order valence-electron chi connectivity index (χ2n) is 7.18. The number of carbonyl (C=O) groups is 3. The standard InChI is InChI=1S/C21H27NO6/c1-6-15(17(24)27-5)12-13(2)10-8-7-9-11-14(3)16(23)21-18(28-21)20(4,26)22-19(21)25/h6,8-12,14,18,26H,7H2,1-5H3,(H,22,25)/t14?,18?,20?,21-/m0/s1. The largest absolute Gasteiger partial charge is 0.465 e. The van der Waals surface area contributed by atoms with E-state index in [0.29, 0.717) is 12.0 Å². The summed E-state index contributed by atoms with van der Waals surface area (Å²) in [6, 6.07) is 0. The van der Waals surface area contributed by atoms with Crippen LogP contribution in [0.25, 0.3) is 0 Å². The minimum Gasteiger partial charge on any atom is -0.465 e. The number of hydrogen-bond donors (Lipinski definition) is 2. The molecule has 28 heavy (non-hydrogen) atoms. The first-order valence-electron chi connectivity index (χ1n) is 9.13. The third-order valence-electron chi connectivity index (χ3n) is 4.80. The van der Waals surface area contributed by atoms with Crippen LogP contribution in [0.15, 0.2) is 47.6 Å². The van der Waals surface area contributed by atoms with Crippen molar-refractivity contribution < 1.29 is 29.0 Å². The summed E-state index contributed by atoms with van der Waals surface area (Å²) < 4.78 is 9.97. The Morgan fingerprint density at radius 3 is 2.57 bits per heavy atom. The zero-order chi connectivity index (χ0) is 21.1. The van der Waals surface area contributed by atoms with E-state index in [0.717, 1.165) is 5.57 Å². The van der Waals surface area contributed by atoms with Gasteiger partial charge in [-0.05, 0) is 33.3 Å². The molecule has 2 heterocycles. The Labute approximate surface area is 164 Å². The highest BCUT2D eigenvalue weighted by molar-refractivity contribution is 6.16. The van der Waals surface area contributed by atoms with Crippen LogP contribution in [0.2, 0.25) is 0 Å². The van der Waals surface area contributed by atoms with E-state index in [4.69, 9.17) is 9.47 Å². The second-order valence-corrected chi connectivity index (χ2v) is 7.18. The number of morpholine rings is 1. The van der Waals surface area contributed by atoms with Gasteiger partial charge in [0.15, 0.2) is 17.6 Å². The lowest BCUT2D eigenvalue weighted by molar-refractivity contribution is -0.139. The molecule has 2 fully saturated rings. The van der Waals surface area contributed by atoms with Crippen molar-refractivity contribution in [3.8, 4) is 0 Å².